The van der Waals surface area contributed by atoms with Gasteiger partial charge in [0.2, 0.25) is 0 Å². The normalized spacial score (nSPS) is 11.9. The lowest BCUT2D eigenvalue weighted by Gasteiger charge is -2.26. The number of hydrogen-bond acceptors (Lipinski definition) is 4. The summed E-state index contributed by atoms with van der Waals surface area (Å²) in [4.78, 5) is 26.5. The van der Waals surface area contributed by atoms with E-state index in [1.54, 1.807) is 29.4 Å². The monoisotopic (exact) mass is 387 g/mol. The summed E-state index contributed by atoms with van der Waals surface area (Å²) >= 11 is 0. The van der Waals surface area contributed by atoms with Crippen LogP contribution in [0.25, 0.3) is 0 Å². The van der Waals surface area contributed by atoms with Crippen LogP contribution >= 0.6 is 0 Å². The van der Waals surface area contributed by atoms with E-state index in [4.69, 9.17) is 4.74 Å². The summed E-state index contributed by atoms with van der Waals surface area (Å²) in [6, 6.07) is 16.5. The molecule has 0 saturated heterocycles. The molecule has 0 aliphatic heterocycles. The van der Waals surface area contributed by atoms with Crippen molar-refractivity contribution in [2.24, 2.45) is 0 Å². The summed E-state index contributed by atoms with van der Waals surface area (Å²) in [6.45, 7) is 4.01. The molecule has 27 heavy (non-hydrogen) atoms. The van der Waals surface area contributed by atoms with Gasteiger partial charge in [-0.15, -0.1) is 0 Å². The number of hydrogen-bond donors (Lipinski definition) is 0. The number of carbonyl (C=O) groups is 2. The molecular formula is C21H25NO4S. The number of amides is 1. The molecule has 2 rings (SSSR count). The van der Waals surface area contributed by atoms with Gasteiger partial charge in [0.25, 0.3) is 5.91 Å². The molecule has 144 valence electrons. The number of esters is 1. The Labute approximate surface area is 162 Å². The summed E-state index contributed by atoms with van der Waals surface area (Å²) in [5.74, 6) is -0.429. The van der Waals surface area contributed by atoms with Crippen molar-refractivity contribution >= 4 is 22.7 Å². The van der Waals surface area contributed by atoms with Gasteiger partial charge in [-0.2, -0.15) is 0 Å². The van der Waals surface area contributed by atoms with E-state index in [0.717, 1.165) is 11.1 Å². The van der Waals surface area contributed by atoms with Gasteiger partial charge in [0, 0.05) is 35.4 Å². The Hall–Kier alpha value is -2.47. The van der Waals surface area contributed by atoms with Crippen LogP contribution in [0.2, 0.25) is 0 Å². The maximum Gasteiger partial charge on any atom is 0.338 e. The van der Waals surface area contributed by atoms with Gasteiger partial charge >= 0.3 is 5.97 Å². The Morgan fingerprint density at radius 1 is 1.04 bits per heavy atom. The van der Waals surface area contributed by atoms with E-state index in [-0.39, 0.29) is 18.6 Å². The second kappa shape index (κ2) is 10.0. The summed E-state index contributed by atoms with van der Waals surface area (Å²) < 4.78 is 16.6. The third kappa shape index (κ3) is 6.64. The van der Waals surface area contributed by atoms with Crippen molar-refractivity contribution in [3.8, 4) is 0 Å². The molecule has 0 radical (unpaired) electrons. The van der Waals surface area contributed by atoms with Crippen LogP contribution in [0, 0.1) is 0 Å². The van der Waals surface area contributed by atoms with E-state index in [2.05, 4.69) is 0 Å². The highest BCUT2D eigenvalue weighted by molar-refractivity contribution is 7.83. The minimum absolute atomic E-state index is 0.0146. The summed E-state index contributed by atoms with van der Waals surface area (Å²) in [5, 5.41) is 0. The first-order valence-electron chi connectivity index (χ1n) is 8.76. The average Bonchev–Trinajstić information content (AvgIpc) is 2.64. The van der Waals surface area contributed by atoms with Crippen molar-refractivity contribution in [3.05, 3.63) is 71.3 Å². The number of nitrogens with zero attached hydrogens (tertiary/aromatic N) is 1. The van der Waals surface area contributed by atoms with Crippen LogP contribution in [0.5, 0.6) is 0 Å². The fraction of sp³-hybridized carbons (Fsp3) is 0.333. The number of ether oxygens (including phenoxy) is 1. The summed E-state index contributed by atoms with van der Waals surface area (Å²) in [7, 11) is -0.993. The molecule has 0 N–H and O–H groups in total. The quantitative estimate of drug-likeness (QED) is 0.653. The van der Waals surface area contributed by atoms with Crippen molar-refractivity contribution in [1.82, 2.24) is 4.90 Å². The van der Waals surface area contributed by atoms with Gasteiger partial charge in [-0.1, -0.05) is 42.5 Å². The molecule has 6 heteroatoms. The maximum absolute atomic E-state index is 12.5. The van der Waals surface area contributed by atoms with E-state index >= 15 is 0 Å². The molecule has 0 fully saturated rings. The summed E-state index contributed by atoms with van der Waals surface area (Å²) in [5.41, 5.74) is 2.17. The first kappa shape index (κ1) is 20.8. The second-order valence-electron chi connectivity index (χ2n) is 6.60. The van der Waals surface area contributed by atoms with Crippen LogP contribution in [0.3, 0.4) is 0 Å². The Morgan fingerprint density at radius 3 is 2.33 bits per heavy atom. The van der Waals surface area contributed by atoms with Crippen molar-refractivity contribution in [2.45, 2.75) is 32.2 Å². The van der Waals surface area contributed by atoms with Crippen molar-refractivity contribution < 1.29 is 18.5 Å². The van der Waals surface area contributed by atoms with Crippen LogP contribution < -0.4 is 0 Å². The topological polar surface area (TPSA) is 63.7 Å². The van der Waals surface area contributed by atoms with Crippen molar-refractivity contribution in [1.29, 1.82) is 0 Å². The van der Waals surface area contributed by atoms with Gasteiger partial charge in [-0.05, 0) is 37.1 Å². The predicted molar refractivity (Wildman–Crippen MR) is 107 cm³/mol. The lowest BCUT2D eigenvalue weighted by atomic mass is 10.1. The zero-order valence-electron chi connectivity index (χ0n) is 15.9. The third-order valence-electron chi connectivity index (χ3n) is 4.00. The van der Waals surface area contributed by atoms with Crippen LogP contribution in [0.1, 0.15) is 35.3 Å². The molecule has 0 saturated carbocycles. The molecular weight excluding hydrogens is 362 g/mol. The highest BCUT2D eigenvalue weighted by Gasteiger charge is 2.19. The zero-order valence-corrected chi connectivity index (χ0v) is 16.7. The average molecular weight is 388 g/mol. The standard InChI is InChI=1S/C21H25NO4S/c1-16(2)22(13-17-8-5-4-6-9-17)20(23)14-26-21(24)19-11-7-10-18(12-19)15-27(3)25/h4-12,16H,13-15H2,1-3H3. The molecule has 1 amide bonds. The van der Waals surface area contributed by atoms with Gasteiger partial charge in [0.1, 0.15) is 0 Å². The Bertz CT molecular complexity index is 805. The van der Waals surface area contributed by atoms with Gasteiger partial charge < -0.3 is 9.64 Å². The molecule has 1 atom stereocenters. The molecule has 2 aromatic rings. The van der Waals surface area contributed by atoms with Crippen LogP contribution in [-0.2, 0) is 32.6 Å². The number of benzene rings is 2. The second-order valence-corrected chi connectivity index (χ2v) is 8.03. The highest BCUT2D eigenvalue weighted by atomic mass is 32.2. The predicted octanol–water partition coefficient (Wildman–Crippen LogP) is 3.16. The lowest BCUT2D eigenvalue weighted by molar-refractivity contribution is -0.136. The van der Waals surface area contributed by atoms with Crippen molar-refractivity contribution in [2.75, 3.05) is 12.9 Å². The molecule has 0 aromatic heterocycles. The van der Waals surface area contributed by atoms with E-state index in [1.165, 1.54) is 0 Å². The maximum atomic E-state index is 12.5. The first-order valence-corrected chi connectivity index (χ1v) is 10.5. The SMILES string of the molecule is CC(C)N(Cc1ccccc1)C(=O)COC(=O)c1cccc(CS(C)=O)c1. The van der Waals surface area contributed by atoms with Crippen LogP contribution in [0.4, 0.5) is 0 Å². The Morgan fingerprint density at radius 2 is 1.70 bits per heavy atom. The van der Waals surface area contributed by atoms with Gasteiger partial charge in [-0.25, -0.2) is 4.79 Å². The molecule has 0 aliphatic carbocycles. The van der Waals surface area contributed by atoms with Crippen molar-refractivity contribution in [3.63, 3.8) is 0 Å². The molecule has 0 aliphatic rings. The molecule has 2 aromatic carbocycles. The van der Waals surface area contributed by atoms with E-state index in [0.29, 0.717) is 17.9 Å². The van der Waals surface area contributed by atoms with Gasteiger partial charge in [0.05, 0.1) is 5.56 Å². The van der Waals surface area contributed by atoms with E-state index < -0.39 is 16.8 Å². The lowest BCUT2D eigenvalue weighted by Crippen LogP contribution is -2.39. The van der Waals surface area contributed by atoms with Crippen LogP contribution in [0.15, 0.2) is 54.6 Å². The van der Waals surface area contributed by atoms with E-state index in [9.17, 15) is 13.8 Å². The minimum Gasteiger partial charge on any atom is -0.452 e. The Kier molecular flexibility index (Phi) is 7.73. The fourth-order valence-electron chi connectivity index (χ4n) is 2.66. The summed E-state index contributed by atoms with van der Waals surface area (Å²) in [6.07, 6.45) is 1.61. The zero-order chi connectivity index (χ0) is 19.8. The Balaban J connectivity index is 1.98. The van der Waals surface area contributed by atoms with E-state index in [1.807, 2.05) is 50.2 Å². The fourth-order valence-corrected chi connectivity index (χ4v) is 3.30. The third-order valence-corrected chi connectivity index (χ3v) is 4.74. The number of rotatable bonds is 8. The molecule has 1 unspecified atom stereocenters. The minimum atomic E-state index is -0.993. The van der Waals surface area contributed by atoms with Gasteiger partial charge in [0.15, 0.2) is 6.61 Å². The molecule has 5 nitrogen and oxygen atoms in total. The smallest absolute Gasteiger partial charge is 0.338 e. The molecule has 0 heterocycles. The van der Waals surface area contributed by atoms with Gasteiger partial charge in [-0.3, -0.25) is 9.00 Å². The highest BCUT2D eigenvalue weighted by Crippen LogP contribution is 2.11. The molecule has 0 bridgehead atoms. The number of carbonyl (C=O) groups excluding carboxylic acids is 2. The first-order chi connectivity index (χ1) is 12.9. The molecule has 0 spiro atoms. The largest absolute Gasteiger partial charge is 0.452 e. The van der Waals surface area contributed by atoms with Crippen LogP contribution in [-0.4, -0.2) is 39.9 Å².